The summed E-state index contributed by atoms with van der Waals surface area (Å²) in [6.07, 6.45) is -4.93. The van der Waals surface area contributed by atoms with Crippen LogP contribution in [-0.4, -0.2) is 26.2 Å². The molecule has 0 atom stereocenters. The largest absolute Gasteiger partial charge is 0.493 e. The van der Waals surface area contributed by atoms with Crippen LogP contribution in [0, 0.1) is 0 Å². The van der Waals surface area contributed by atoms with Gasteiger partial charge in [0.05, 0.1) is 18.7 Å². The van der Waals surface area contributed by atoms with Crippen LogP contribution in [0.4, 0.5) is 13.2 Å². The molecule has 7 heteroatoms. The van der Waals surface area contributed by atoms with Crippen LogP contribution in [0.3, 0.4) is 0 Å². The number of hydrogen-bond donors (Lipinski definition) is 0. The first kappa shape index (κ1) is 13.8. The lowest BCUT2D eigenvalue weighted by molar-refractivity contribution is -0.0885. The fourth-order valence-electron chi connectivity index (χ4n) is 1.22. The Labute approximate surface area is 104 Å². The van der Waals surface area contributed by atoms with Crippen LogP contribution >= 0.6 is 15.9 Å². The molecule has 0 aliphatic heterocycles. The first-order valence-electron chi connectivity index (χ1n) is 4.35. The number of methoxy groups -OCH3 is 2. The molecule has 0 spiro atoms. The number of ketones is 1. The number of halogens is 4. The van der Waals surface area contributed by atoms with Gasteiger partial charge in [0.1, 0.15) is 0 Å². The Kier molecular flexibility index (Phi) is 4.03. The third-order valence-electron chi connectivity index (χ3n) is 1.99. The molecule has 3 nitrogen and oxygen atoms in total. The van der Waals surface area contributed by atoms with Gasteiger partial charge in [-0.3, -0.25) is 4.79 Å². The van der Waals surface area contributed by atoms with Crippen molar-refractivity contribution in [2.45, 2.75) is 6.18 Å². The lowest BCUT2D eigenvalue weighted by atomic mass is 10.1. The Balaban J connectivity index is 3.34. The van der Waals surface area contributed by atoms with Gasteiger partial charge in [0.25, 0.3) is 5.78 Å². The molecule has 0 saturated carbocycles. The predicted molar refractivity (Wildman–Crippen MR) is 57.6 cm³/mol. The Morgan fingerprint density at radius 2 is 1.82 bits per heavy atom. The average Bonchev–Trinajstić information content (AvgIpc) is 2.26. The standard InChI is InChI=1S/C10H8BrF3O3/c1-16-6-4-3-5(7(11)8(6)17-2)9(15)10(12,13)14/h3-4H,1-2H3. The van der Waals surface area contributed by atoms with Gasteiger partial charge in [-0.05, 0) is 28.1 Å². The second-order valence-electron chi connectivity index (χ2n) is 2.99. The summed E-state index contributed by atoms with van der Waals surface area (Å²) in [4.78, 5) is 11.1. The van der Waals surface area contributed by atoms with Crippen LogP contribution in [0.25, 0.3) is 0 Å². The van der Waals surface area contributed by atoms with Gasteiger partial charge in [0.15, 0.2) is 11.5 Å². The summed E-state index contributed by atoms with van der Waals surface area (Å²) in [6, 6.07) is 2.27. The molecule has 0 amide bonds. The van der Waals surface area contributed by atoms with Gasteiger partial charge >= 0.3 is 6.18 Å². The zero-order valence-electron chi connectivity index (χ0n) is 8.89. The monoisotopic (exact) mass is 312 g/mol. The van der Waals surface area contributed by atoms with Crippen LogP contribution in [0.2, 0.25) is 0 Å². The van der Waals surface area contributed by atoms with E-state index in [1.165, 1.54) is 20.3 Å². The molecule has 1 aromatic rings. The van der Waals surface area contributed by atoms with E-state index >= 15 is 0 Å². The molecule has 0 N–H and O–H groups in total. The van der Waals surface area contributed by atoms with E-state index in [0.717, 1.165) is 6.07 Å². The number of alkyl halides is 3. The number of hydrogen-bond acceptors (Lipinski definition) is 3. The van der Waals surface area contributed by atoms with Gasteiger partial charge in [-0.1, -0.05) is 0 Å². The molecule has 0 fully saturated rings. The minimum atomic E-state index is -4.93. The third-order valence-corrected chi connectivity index (χ3v) is 2.77. The van der Waals surface area contributed by atoms with Crippen molar-refractivity contribution >= 4 is 21.7 Å². The van der Waals surface area contributed by atoms with E-state index in [9.17, 15) is 18.0 Å². The smallest absolute Gasteiger partial charge is 0.454 e. The van der Waals surface area contributed by atoms with E-state index in [-0.39, 0.29) is 16.0 Å². The summed E-state index contributed by atoms with van der Waals surface area (Å²) >= 11 is 2.90. The Hall–Kier alpha value is -1.24. The van der Waals surface area contributed by atoms with E-state index in [0.29, 0.717) is 0 Å². The predicted octanol–water partition coefficient (Wildman–Crippen LogP) is 3.21. The van der Waals surface area contributed by atoms with Gasteiger partial charge in [-0.15, -0.1) is 0 Å². The van der Waals surface area contributed by atoms with Crippen LogP contribution in [-0.2, 0) is 0 Å². The fourth-order valence-corrected chi connectivity index (χ4v) is 1.89. The molecular weight excluding hydrogens is 305 g/mol. The molecule has 0 heterocycles. The summed E-state index contributed by atoms with van der Waals surface area (Å²) in [5.74, 6) is -1.66. The van der Waals surface area contributed by atoms with E-state index in [1.54, 1.807) is 0 Å². The highest BCUT2D eigenvalue weighted by Gasteiger charge is 2.41. The summed E-state index contributed by atoms with van der Waals surface area (Å²) in [5, 5.41) is 0. The normalized spacial score (nSPS) is 11.2. The summed E-state index contributed by atoms with van der Waals surface area (Å²) in [6.45, 7) is 0. The van der Waals surface area contributed by atoms with Crippen LogP contribution < -0.4 is 9.47 Å². The zero-order chi connectivity index (χ0) is 13.2. The topological polar surface area (TPSA) is 35.5 Å². The van der Waals surface area contributed by atoms with Gasteiger partial charge in [-0.2, -0.15) is 13.2 Å². The van der Waals surface area contributed by atoms with E-state index in [4.69, 9.17) is 9.47 Å². The van der Waals surface area contributed by atoms with Crippen molar-refractivity contribution < 1.29 is 27.4 Å². The molecule has 94 valence electrons. The van der Waals surface area contributed by atoms with Gasteiger partial charge in [0.2, 0.25) is 0 Å². The number of carbonyl (C=O) groups is 1. The van der Waals surface area contributed by atoms with E-state index in [1.807, 2.05) is 0 Å². The maximum atomic E-state index is 12.3. The van der Waals surface area contributed by atoms with Crippen LogP contribution in [0.1, 0.15) is 10.4 Å². The maximum Gasteiger partial charge on any atom is 0.454 e. The number of Topliss-reactive ketones (excluding diaryl/α,β-unsaturated/α-hetero) is 1. The highest BCUT2D eigenvalue weighted by atomic mass is 79.9. The molecule has 1 aromatic carbocycles. The van der Waals surface area contributed by atoms with Gasteiger partial charge < -0.3 is 9.47 Å². The molecule has 17 heavy (non-hydrogen) atoms. The number of ether oxygens (including phenoxy) is 2. The Morgan fingerprint density at radius 1 is 1.24 bits per heavy atom. The van der Waals surface area contributed by atoms with Crippen molar-refractivity contribution in [2.24, 2.45) is 0 Å². The van der Waals surface area contributed by atoms with Crippen molar-refractivity contribution in [3.05, 3.63) is 22.2 Å². The first-order valence-corrected chi connectivity index (χ1v) is 5.14. The number of carbonyl (C=O) groups excluding carboxylic acids is 1. The van der Waals surface area contributed by atoms with Crippen LogP contribution in [0.5, 0.6) is 11.5 Å². The highest BCUT2D eigenvalue weighted by molar-refractivity contribution is 9.10. The second-order valence-corrected chi connectivity index (χ2v) is 3.78. The summed E-state index contributed by atoms with van der Waals surface area (Å²) in [7, 11) is 2.61. The van der Waals surface area contributed by atoms with Crippen LogP contribution in [0.15, 0.2) is 16.6 Å². The molecule has 0 aromatic heterocycles. The van der Waals surface area contributed by atoms with E-state index in [2.05, 4.69) is 15.9 Å². The molecule has 0 unspecified atom stereocenters. The highest BCUT2D eigenvalue weighted by Crippen LogP contribution is 2.39. The zero-order valence-corrected chi connectivity index (χ0v) is 10.5. The molecule has 0 aliphatic carbocycles. The van der Waals surface area contributed by atoms with E-state index < -0.39 is 17.5 Å². The SMILES string of the molecule is COc1ccc(C(=O)C(F)(F)F)c(Br)c1OC. The molecule has 0 saturated heterocycles. The van der Waals surface area contributed by atoms with Crippen molar-refractivity contribution in [2.75, 3.05) is 14.2 Å². The molecular formula is C10H8BrF3O3. The van der Waals surface area contributed by atoms with Crippen molar-refractivity contribution in [3.63, 3.8) is 0 Å². The van der Waals surface area contributed by atoms with Crippen molar-refractivity contribution in [1.82, 2.24) is 0 Å². The minimum Gasteiger partial charge on any atom is -0.493 e. The lowest BCUT2D eigenvalue weighted by Crippen LogP contribution is -2.23. The lowest BCUT2D eigenvalue weighted by Gasteiger charge is -2.13. The van der Waals surface area contributed by atoms with Gasteiger partial charge in [-0.25, -0.2) is 0 Å². The minimum absolute atomic E-state index is 0.0441. The summed E-state index contributed by atoms with van der Waals surface area (Å²) < 4.78 is 46.6. The Morgan fingerprint density at radius 3 is 2.24 bits per heavy atom. The van der Waals surface area contributed by atoms with Crippen molar-refractivity contribution in [1.29, 1.82) is 0 Å². The molecule has 0 aliphatic rings. The molecule has 0 radical (unpaired) electrons. The summed E-state index contributed by atoms with van der Waals surface area (Å²) in [5.41, 5.74) is -0.518. The van der Waals surface area contributed by atoms with Gasteiger partial charge in [0, 0.05) is 5.56 Å². The second kappa shape index (κ2) is 4.95. The third kappa shape index (κ3) is 2.71. The first-order chi connectivity index (χ1) is 7.82. The molecule has 1 rings (SSSR count). The number of rotatable bonds is 3. The Bertz CT molecular complexity index is 443. The fraction of sp³-hybridized carbons (Fsp3) is 0.300. The molecule has 0 bridgehead atoms. The maximum absolute atomic E-state index is 12.3. The quantitative estimate of drug-likeness (QED) is 0.804. The van der Waals surface area contributed by atoms with Crippen molar-refractivity contribution in [3.8, 4) is 11.5 Å². The average molecular weight is 313 g/mol. The number of benzene rings is 1.